The molecule has 1 heterocycles. The molecule has 0 spiro atoms. The van der Waals surface area contributed by atoms with Crippen LogP contribution in [0.1, 0.15) is 24.5 Å². The lowest BCUT2D eigenvalue weighted by molar-refractivity contribution is 0.605. The van der Waals surface area contributed by atoms with Gasteiger partial charge in [-0.15, -0.1) is 0 Å². The van der Waals surface area contributed by atoms with E-state index in [4.69, 9.17) is 0 Å². The van der Waals surface area contributed by atoms with E-state index in [0.29, 0.717) is 4.90 Å². The van der Waals surface area contributed by atoms with Crippen LogP contribution in [0, 0.1) is 0 Å². The summed E-state index contributed by atoms with van der Waals surface area (Å²) >= 11 is 0. The van der Waals surface area contributed by atoms with Crippen LogP contribution in [0.25, 0.3) is 5.57 Å². The molecule has 1 aliphatic rings. The van der Waals surface area contributed by atoms with E-state index in [9.17, 15) is 8.42 Å². The average Bonchev–Trinajstić information content (AvgIpc) is 2.50. The number of rotatable bonds is 4. The molecule has 2 rings (SSSR count). The molecule has 0 saturated carbocycles. The summed E-state index contributed by atoms with van der Waals surface area (Å²) in [5, 5.41) is 4.44. The molecule has 0 atom stereocenters. The van der Waals surface area contributed by atoms with Crippen LogP contribution in [0.5, 0.6) is 0 Å². The maximum absolute atomic E-state index is 11.9. The first-order valence-corrected chi connectivity index (χ1v) is 7.30. The van der Waals surface area contributed by atoms with Gasteiger partial charge in [-0.05, 0) is 56.1 Å². The van der Waals surface area contributed by atoms with Crippen LogP contribution >= 0.6 is 0 Å². The van der Waals surface area contributed by atoms with E-state index < -0.39 is 9.84 Å². The molecule has 0 unspecified atom stereocenters. The van der Waals surface area contributed by atoms with E-state index in [1.807, 2.05) is 32.2 Å². The van der Waals surface area contributed by atoms with Gasteiger partial charge in [0.1, 0.15) is 0 Å². The van der Waals surface area contributed by atoms with Gasteiger partial charge in [-0.2, -0.15) is 0 Å². The van der Waals surface area contributed by atoms with Crippen molar-refractivity contribution in [3.63, 3.8) is 0 Å². The predicted octanol–water partition coefficient (Wildman–Crippen LogP) is 1.99. The molecule has 3 nitrogen and oxygen atoms in total. The van der Waals surface area contributed by atoms with Crippen LogP contribution < -0.4 is 5.32 Å². The zero-order valence-corrected chi connectivity index (χ0v) is 11.0. The maximum Gasteiger partial charge on any atom is 0.200 e. The first-order chi connectivity index (χ1) is 8.04. The normalized spacial score (nSPS) is 16.7. The van der Waals surface area contributed by atoms with E-state index in [1.54, 1.807) is 0 Å². The Labute approximate surface area is 102 Å². The molecule has 0 saturated heterocycles. The van der Waals surface area contributed by atoms with Crippen molar-refractivity contribution in [2.24, 2.45) is 0 Å². The summed E-state index contributed by atoms with van der Waals surface area (Å²) in [5.41, 5.74) is 2.77. The molecule has 92 valence electrons. The molecule has 1 aromatic rings. The molecular weight excluding hydrogens is 234 g/mol. The highest BCUT2D eigenvalue weighted by Crippen LogP contribution is 2.33. The summed E-state index contributed by atoms with van der Waals surface area (Å²) in [6, 6.07) is 5.75. The summed E-state index contributed by atoms with van der Waals surface area (Å²) in [7, 11) is -1.27. The SMILES string of the molecule is CNCCCc1ccc2c(c1)S(=O)(=O)C=C2C. The summed E-state index contributed by atoms with van der Waals surface area (Å²) in [6.45, 7) is 2.78. The van der Waals surface area contributed by atoms with E-state index in [-0.39, 0.29) is 0 Å². The minimum Gasteiger partial charge on any atom is -0.320 e. The van der Waals surface area contributed by atoms with Crippen molar-refractivity contribution >= 4 is 15.4 Å². The second-order valence-corrected chi connectivity index (χ2v) is 6.15. The Bertz CT molecular complexity index is 559. The third kappa shape index (κ3) is 2.42. The van der Waals surface area contributed by atoms with Crippen LogP contribution in [0.4, 0.5) is 0 Å². The van der Waals surface area contributed by atoms with E-state index in [1.165, 1.54) is 5.41 Å². The Balaban J connectivity index is 2.28. The van der Waals surface area contributed by atoms with Gasteiger partial charge in [0.15, 0.2) is 0 Å². The predicted molar refractivity (Wildman–Crippen MR) is 69.5 cm³/mol. The summed E-state index contributed by atoms with van der Waals surface area (Å²) < 4.78 is 23.7. The molecule has 1 aliphatic heterocycles. The zero-order valence-electron chi connectivity index (χ0n) is 10.2. The van der Waals surface area contributed by atoms with Crippen LogP contribution in [-0.2, 0) is 16.3 Å². The van der Waals surface area contributed by atoms with Crippen molar-refractivity contribution in [3.05, 3.63) is 34.7 Å². The monoisotopic (exact) mass is 251 g/mol. The Morgan fingerprint density at radius 1 is 1.29 bits per heavy atom. The van der Waals surface area contributed by atoms with Crippen molar-refractivity contribution in [3.8, 4) is 0 Å². The fourth-order valence-corrected chi connectivity index (χ4v) is 3.68. The van der Waals surface area contributed by atoms with Crippen LogP contribution in [-0.4, -0.2) is 22.0 Å². The minimum atomic E-state index is -3.19. The number of nitrogens with one attached hydrogen (secondary N) is 1. The molecule has 1 aromatic carbocycles. The lowest BCUT2D eigenvalue weighted by Crippen LogP contribution is -2.08. The molecule has 0 amide bonds. The molecule has 0 aromatic heterocycles. The largest absolute Gasteiger partial charge is 0.320 e. The van der Waals surface area contributed by atoms with Crippen molar-refractivity contribution in [2.75, 3.05) is 13.6 Å². The molecular formula is C13H17NO2S. The molecule has 0 fully saturated rings. The van der Waals surface area contributed by atoms with E-state index >= 15 is 0 Å². The quantitative estimate of drug-likeness (QED) is 0.832. The van der Waals surface area contributed by atoms with E-state index in [0.717, 1.165) is 36.1 Å². The van der Waals surface area contributed by atoms with Gasteiger partial charge in [0.25, 0.3) is 0 Å². The molecule has 0 radical (unpaired) electrons. The highest BCUT2D eigenvalue weighted by molar-refractivity contribution is 7.95. The molecule has 0 aliphatic carbocycles. The standard InChI is InChI=1S/C13H17NO2S/c1-10-9-17(15,16)13-8-11(4-3-7-14-2)5-6-12(10)13/h5-6,8-9,14H,3-4,7H2,1-2H3. The van der Waals surface area contributed by atoms with E-state index in [2.05, 4.69) is 5.32 Å². The van der Waals surface area contributed by atoms with Crippen molar-refractivity contribution in [2.45, 2.75) is 24.7 Å². The van der Waals surface area contributed by atoms with Crippen LogP contribution in [0.3, 0.4) is 0 Å². The lowest BCUT2D eigenvalue weighted by Gasteiger charge is -2.05. The smallest absolute Gasteiger partial charge is 0.200 e. The number of fused-ring (bicyclic) bond motifs is 1. The van der Waals surface area contributed by atoms with Gasteiger partial charge in [0.2, 0.25) is 9.84 Å². The summed E-state index contributed by atoms with van der Waals surface area (Å²) in [5.74, 6) is 0. The maximum atomic E-state index is 11.9. The van der Waals surface area contributed by atoms with Crippen molar-refractivity contribution in [1.82, 2.24) is 5.32 Å². The molecule has 1 N–H and O–H groups in total. The van der Waals surface area contributed by atoms with Crippen LogP contribution in [0.2, 0.25) is 0 Å². The zero-order chi connectivity index (χ0) is 12.5. The van der Waals surface area contributed by atoms with Crippen LogP contribution in [0.15, 0.2) is 28.5 Å². The van der Waals surface area contributed by atoms with Crippen molar-refractivity contribution in [1.29, 1.82) is 0 Å². The number of hydrogen-bond acceptors (Lipinski definition) is 3. The third-order valence-electron chi connectivity index (χ3n) is 3.00. The molecule has 4 heteroatoms. The summed E-state index contributed by atoms with van der Waals surface area (Å²) in [4.78, 5) is 0.469. The Morgan fingerprint density at radius 2 is 2.06 bits per heavy atom. The minimum absolute atomic E-state index is 0.469. The average molecular weight is 251 g/mol. The Morgan fingerprint density at radius 3 is 2.76 bits per heavy atom. The molecule has 17 heavy (non-hydrogen) atoms. The van der Waals surface area contributed by atoms with Gasteiger partial charge in [-0.25, -0.2) is 8.42 Å². The second-order valence-electron chi connectivity index (χ2n) is 4.38. The number of hydrogen-bond donors (Lipinski definition) is 1. The lowest BCUT2D eigenvalue weighted by atomic mass is 10.0. The second kappa shape index (κ2) is 4.63. The highest BCUT2D eigenvalue weighted by Gasteiger charge is 2.24. The van der Waals surface area contributed by atoms with Gasteiger partial charge >= 0.3 is 0 Å². The molecule has 0 bridgehead atoms. The number of aryl methyl sites for hydroxylation is 1. The van der Waals surface area contributed by atoms with Gasteiger partial charge in [0, 0.05) is 5.41 Å². The Kier molecular flexibility index (Phi) is 3.35. The van der Waals surface area contributed by atoms with Gasteiger partial charge in [-0.1, -0.05) is 12.1 Å². The number of benzene rings is 1. The highest BCUT2D eigenvalue weighted by atomic mass is 32.2. The van der Waals surface area contributed by atoms with Gasteiger partial charge in [0.05, 0.1) is 4.90 Å². The van der Waals surface area contributed by atoms with Gasteiger partial charge in [-0.3, -0.25) is 0 Å². The van der Waals surface area contributed by atoms with Crippen molar-refractivity contribution < 1.29 is 8.42 Å². The fraction of sp³-hybridized carbons (Fsp3) is 0.385. The fourth-order valence-electron chi connectivity index (χ4n) is 2.11. The summed E-state index contributed by atoms with van der Waals surface area (Å²) in [6.07, 6.45) is 1.92. The number of allylic oxidation sites excluding steroid dienone is 1. The van der Waals surface area contributed by atoms with Gasteiger partial charge < -0.3 is 5.32 Å². The topological polar surface area (TPSA) is 46.2 Å². The Hall–Kier alpha value is -1.13. The first kappa shape index (κ1) is 12.3. The number of sulfone groups is 1. The first-order valence-electron chi connectivity index (χ1n) is 5.76. The third-order valence-corrected chi connectivity index (χ3v) is 4.62.